The molecular weight excluding hydrogens is 324 g/mol. The van der Waals surface area contributed by atoms with Crippen molar-refractivity contribution in [3.05, 3.63) is 64.1 Å². The quantitative estimate of drug-likeness (QED) is 0.766. The third-order valence-corrected chi connectivity index (χ3v) is 4.17. The molecule has 0 aliphatic rings. The van der Waals surface area contributed by atoms with E-state index < -0.39 is 0 Å². The number of halogens is 1. The number of rotatable bonds is 7. The SMILES string of the molecule is CCN(CC)Cc1ccccc1NCc1cccc(Br)c1. The second-order valence-corrected chi connectivity index (χ2v) is 6.02. The van der Waals surface area contributed by atoms with Crippen molar-refractivity contribution in [1.82, 2.24) is 4.90 Å². The summed E-state index contributed by atoms with van der Waals surface area (Å²) < 4.78 is 1.12. The van der Waals surface area contributed by atoms with Crippen molar-refractivity contribution in [3.63, 3.8) is 0 Å². The van der Waals surface area contributed by atoms with Gasteiger partial charge in [-0.25, -0.2) is 0 Å². The van der Waals surface area contributed by atoms with Gasteiger partial charge in [-0.2, -0.15) is 0 Å². The molecule has 0 atom stereocenters. The predicted octanol–water partition coefficient (Wildman–Crippen LogP) is 4.90. The molecule has 0 unspecified atom stereocenters. The summed E-state index contributed by atoms with van der Waals surface area (Å²) in [5.74, 6) is 0. The van der Waals surface area contributed by atoms with Crippen LogP contribution in [0.5, 0.6) is 0 Å². The summed E-state index contributed by atoms with van der Waals surface area (Å²) in [6, 6.07) is 17.0. The van der Waals surface area contributed by atoms with Crippen molar-refractivity contribution in [2.24, 2.45) is 0 Å². The molecule has 112 valence electrons. The summed E-state index contributed by atoms with van der Waals surface area (Å²) in [6.45, 7) is 8.42. The number of benzene rings is 2. The summed E-state index contributed by atoms with van der Waals surface area (Å²) in [5, 5.41) is 3.56. The van der Waals surface area contributed by atoms with Gasteiger partial charge in [-0.3, -0.25) is 4.90 Å². The highest BCUT2D eigenvalue weighted by Gasteiger charge is 2.06. The van der Waals surface area contributed by atoms with Crippen molar-refractivity contribution >= 4 is 21.6 Å². The molecule has 21 heavy (non-hydrogen) atoms. The zero-order valence-electron chi connectivity index (χ0n) is 12.8. The van der Waals surface area contributed by atoms with E-state index in [1.54, 1.807) is 0 Å². The molecule has 3 heteroatoms. The Hall–Kier alpha value is -1.32. The fourth-order valence-corrected chi connectivity index (χ4v) is 2.81. The average Bonchev–Trinajstić information content (AvgIpc) is 2.51. The van der Waals surface area contributed by atoms with E-state index in [9.17, 15) is 0 Å². The van der Waals surface area contributed by atoms with Crippen LogP contribution in [0.1, 0.15) is 25.0 Å². The molecular formula is C18H23BrN2. The molecule has 2 aromatic rings. The van der Waals surface area contributed by atoms with Gasteiger partial charge in [0.1, 0.15) is 0 Å². The van der Waals surface area contributed by atoms with Crippen LogP contribution in [0.4, 0.5) is 5.69 Å². The largest absolute Gasteiger partial charge is 0.381 e. The van der Waals surface area contributed by atoms with E-state index in [0.717, 1.165) is 30.7 Å². The van der Waals surface area contributed by atoms with Crippen molar-refractivity contribution < 1.29 is 0 Å². The molecule has 0 amide bonds. The van der Waals surface area contributed by atoms with Gasteiger partial charge in [-0.05, 0) is 42.4 Å². The average molecular weight is 347 g/mol. The van der Waals surface area contributed by atoms with Gasteiger partial charge in [0.15, 0.2) is 0 Å². The van der Waals surface area contributed by atoms with E-state index >= 15 is 0 Å². The molecule has 0 saturated carbocycles. The molecule has 0 radical (unpaired) electrons. The highest BCUT2D eigenvalue weighted by molar-refractivity contribution is 9.10. The molecule has 2 aromatic carbocycles. The molecule has 2 rings (SSSR count). The molecule has 0 heterocycles. The van der Waals surface area contributed by atoms with Gasteiger partial charge >= 0.3 is 0 Å². The zero-order valence-corrected chi connectivity index (χ0v) is 14.4. The van der Waals surface area contributed by atoms with Crippen molar-refractivity contribution in [2.75, 3.05) is 18.4 Å². The van der Waals surface area contributed by atoms with Gasteiger partial charge in [-0.1, -0.05) is 60.1 Å². The Labute approximate surface area is 136 Å². The molecule has 0 spiro atoms. The lowest BCUT2D eigenvalue weighted by atomic mass is 10.1. The van der Waals surface area contributed by atoms with Gasteiger partial charge in [-0.15, -0.1) is 0 Å². The molecule has 1 N–H and O–H groups in total. The maximum atomic E-state index is 3.56. The summed E-state index contributed by atoms with van der Waals surface area (Å²) in [4.78, 5) is 2.43. The number of anilines is 1. The van der Waals surface area contributed by atoms with E-state index in [4.69, 9.17) is 0 Å². The first kappa shape index (κ1) is 16.1. The predicted molar refractivity (Wildman–Crippen MR) is 94.5 cm³/mol. The lowest BCUT2D eigenvalue weighted by Gasteiger charge is -2.20. The summed E-state index contributed by atoms with van der Waals surface area (Å²) in [5.41, 5.74) is 3.86. The number of nitrogens with one attached hydrogen (secondary N) is 1. The Morgan fingerprint density at radius 3 is 2.48 bits per heavy atom. The number of hydrogen-bond donors (Lipinski definition) is 1. The first-order valence-corrected chi connectivity index (χ1v) is 8.30. The monoisotopic (exact) mass is 346 g/mol. The first-order valence-electron chi connectivity index (χ1n) is 7.51. The zero-order chi connectivity index (χ0) is 15.1. The normalized spacial score (nSPS) is 10.9. The minimum absolute atomic E-state index is 0.842. The van der Waals surface area contributed by atoms with Crippen LogP contribution in [-0.4, -0.2) is 18.0 Å². The molecule has 0 saturated heterocycles. The summed E-state index contributed by atoms with van der Waals surface area (Å²) in [7, 11) is 0. The van der Waals surface area contributed by atoms with E-state index in [-0.39, 0.29) is 0 Å². The number of hydrogen-bond acceptors (Lipinski definition) is 2. The van der Waals surface area contributed by atoms with Crippen LogP contribution in [0.25, 0.3) is 0 Å². The molecule has 0 aromatic heterocycles. The number of para-hydroxylation sites is 1. The molecule has 0 fully saturated rings. The Morgan fingerprint density at radius 1 is 1.00 bits per heavy atom. The smallest absolute Gasteiger partial charge is 0.0401 e. The maximum Gasteiger partial charge on any atom is 0.0401 e. The van der Waals surface area contributed by atoms with Crippen LogP contribution < -0.4 is 5.32 Å². The second-order valence-electron chi connectivity index (χ2n) is 5.10. The highest BCUT2D eigenvalue weighted by atomic mass is 79.9. The maximum absolute atomic E-state index is 3.56. The van der Waals surface area contributed by atoms with Crippen LogP contribution in [0.15, 0.2) is 53.0 Å². The lowest BCUT2D eigenvalue weighted by molar-refractivity contribution is 0.296. The van der Waals surface area contributed by atoms with E-state index in [0.29, 0.717) is 0 Å². The molecule has 2 nitrogen and oxygen atoms in total. The van der Waals surface area contributed by atoms with Crippen LogP contribution in [0.2, 0.25) is 0 Å². The minimum Gasteiger partial charge on any atom is -0.381 e. The fourth-order valence-electron chi connectivity index (χ4n) is 2.36. The van der Waals surface area contributed by atoms with Crippen molar-refractivity contribution in [1.29, 1.82) is 0 Å². The van der Waals surface area contributed by atoms with Gasteiger partial charge < -0.3 is 5.32 Å². The summed E-state index contributed by atoms with van der Waals surface area (Å²) >= 11 is 3.52. The van der Waals surface area contributed by atoms with Crippen LogP contribution in [0.3, 0.4) is 0 Å². The number of nitrogens with zero attached hydrogens (tertiary/aromatic N) is 1. The van der Waals surface area contributed by atoms with Gasteiger partial charge in [0.25, 0.3) is 0 Å². The topological polar surface area (TPSA) is 15.3 Å². The van der Waals surface area contributed by atoms with E-state index in [1.165, 1.54) is 16.8 Å². The Bertz CT molecular complexity index is 565. The standard InChI is InChI=1S/C18H23BrN2/c1-3-21(4-2)14-16-9-5-6-11-18(16)20-13-15-8-7-10-17(19)12-15/h5-12,20H,3-4,13-14H2,1-2H3. The lowest BCUT2D eigenvalue weighted by Crippen LogP contribution is -2.22. The van der Waals surface area contributed by atoms with Crippen LogP contribution in [0, 0.1) is 0 Å². The minimum atomic E-state index is 0.842. The van der Waals surface area contributed by atoms with Crippen LogP contribution >= 0.6 is 15.9 Å². The second kappa shape index (κ2) is 8.20. The molecule has 0 aliphatic carbocycles. The van der Waals surface area contributed by atoms with Gasteiger partial charge in [0, 0.05) is 23.2 Å². The van der Waals surface area contributed by atoms with Gasteiger partial charge in [0.05, 0.1) is 0 Å². The Morgan fingerprint density at radius 2 is 1.76 bits per heavy atom. The fraction of sp³-hybridized carbons (Fsp3) is 0.333. The van der Waals surface area contributed by atoms with Crippen molar-refractivity contribution in [3.8, 4) is 0 Å². The van der Waals surface area contributed by atoms with Crippen molar-refractivity contribution in [2.45, 2.75) is 26.9 Å². The molecule has 0 bridgehead atoms. The van der Waals surface area contributed by atoms with E-state index in [2.05, 4.69) is 88.5 Å². The molecule has 0 aliphatic heterocycles. The van der Waals surface area contributed by atoms with Gasteiger partial charge in [0.2, 0.25) is 0 Å². The first-order chi connectivity index (χ1) is 10.2. The third kappa shape index (κ3) is 4.87. The van der Waals surface area contributed by atoms with E-state index in [1.807, 2.05) is 0 Å². The highest BCUT2D eigenvalue weighted by Crippen LogP contribution is 2.19. The Balaban J connectivity index is 2.06. The Kier molecular flexibility index (Phi) is 6.27. The third-order valence-electron chi connectivity index (χ3n) is 3.68. The summed E-state index contributed by atoms with van der Waals surface area (Å²) in [6.07, 6.45) is 0. The van der Waals surface area contributed by atoms with Crippen LogP contribution in [-0.2, 0) is 13.1 Å².